The highest BCUT2D eigenvalue weighted by molar-refractivity contribution is 7.15. The predicted molar refractivity (Wildman–Crippen MR) is 85.7 cm³/mol. The zero-order chi connectivity index (χ0) is 14.4. The summed E-state index contributed by atoms with van der Waals surface area (Å²) < 4.78 is 5.05. The van der Waals surface area contributed by atoms with Crippen LogP contribution in [0.1, 0.15) is 36.8 Å². The van der Waals surface area contributed by atoms with Gasteiger partial charge in [0.15, 0.2) is 5.13 Å². The molecule has 1 aromatic heterocycles. The van der Waals surface area contributed by atoms with Gasteiger partial charge in [0.25, 0.3) is 0 Å². The van der Waals surface area contributed by atoms with Crippen molar-refractivity contribution in [3.63, 3.8) is 0 Å². The first kappa shape index (κ1) is 15.7. The van der Waals surface area contributed by atoms with Crippen molar-refractivity contribution in [2.45, 2.75) is 39.7 Å². The molecule has 0 spiro atoms. The molecule has 1 aliphatic rings. The minimum Gasteiger partial charge on any atom is -0.383 e. The summed E-state index contributed by atoms with van der Waals surface area (Å²) in [6, 6.07) is 0. The van der Waals surface area contributed by atoms with E-state index in [0.29, 0.717) is 0 Å². The summed E-state index contributed by atoms with van der Waals surface area (Å²) in [5.41, 5.74) is 1.17. The van der Waals surface area contributed by atoms with Gasteiger partial charge in [0, 0.05) is 38.2 Å². The molecule has 1 aliphatic heterocycles. The molecule has 4 nitrogen and oxygen atoms in total. The molecule has 2 heterocycles. The van der Waals surface area contributed by atoms with Crippen molar-refractivity contribution in [2.24, 2.45) is 5.92 Å². The minimum absolute atomic E-state index is 0.759. The number of nitrogens with one attached hydrogen (secondary N) is 1. The highest BCUT2D eigenvalue weighted by atomic mass is 32.1. The zero-order valence-electron chi connectivity index (χ0n) is 12.9. The molecule has 20 heavy (non-hydrogen) atoms. The number of nitrogens with zero attached hydrogens (tertiary/aromatic N) is 2. The molecule has 0 radical (unpaired) electrons. The van der Waals surface area contributed by atoms with Gasteiger partial charge in [0.1, 0.15) is 0 Å². The van der Waals surface area contributed by atoms with E-state index in [4.69, 9.17) is 9.72 Å². The van der Waals surface area contributed by atoms with Gasteiger partial charge >= 0.3 is 0 Å². The van der Waals surface area contributed by atoms with E-state index < -0.39 is 0 Å². The van der Waals surface area contributed by atoms with Crippen LogP contribution in [0, 0.1) is 12.8 Å². The van der Waals surface area contributed by atoms with Gasteiger partial charge < -0.3 is 15.0 Å². The average molecular weight is 297 g/mol. The number of hydrogen-bond donors (Lipinski definition) is 1. The van der Waals surface area contributed by atoms with Gasteiger partial charge in [-0.05, 0) is 25.7 Å². The van der Waals surface area contributed by atoms with Crippen LogP contribution in [0.5, 0.6) is 0 Å². The standard InChI is InChI=1S/C15H27N3OS/c1-4-13-5-8-18(9-6-13)15-17-12(2)14(20-15)11-16-7-10-19-3/h13,16H,4-11H2,1-3H3. The van der Waals surface area contributed by atoms with Crippen LogP contribution in [-0.4, -0.2) is 38.3 Å². The van der Waals surface area contributed by atoms with Gasteiger partial charge in [0.2, 0.25) is 0 Å². The van der Waals surface area contributed by atoms with Crippen molar-refractivity contribution in [1.82, 2.24) is 10.3 Å². The Morgan fingerprint density at radius 1 is 1.40 bits per heavy atom. The van der Waals surface area contributed by atoms with Crippen LogP contribution in [-0.2, 0) is 11.3 Å². The summed E-state index contributed by atoms with van der Waals surface area (Å²) in [5.74, 6) is 0.919. The Balaban J connectivity index is 1.87. The first-order valence-electron chi connectivity index (χ1n) is 7.65. The molecule has 0 bridgehead atoms. The second-order valence-electron chi connectivity index (χ2n) is 5.51. The van der Waals surface area contributed by atoms with Crippen molar-refractivity contribution >= 4 is 16.5 Å². The van der Waals surface area contributed by atoms with Gasteiger partial charge in [0.05, 0.1) is 12.3 Å². The largest absolute Gasteiger partial charge is 0.383 e. The predicted octanol–water partition coefficient (Wildman–Crippen LogP) is 2.81. The quantitative estimate of drug-likeness (QED) is 0.785. The summed E-state index contributed by atoms with van der Waals surface area (Å²) in [7, 11) is 1.73. The second-order valence-corrected chi connectivity index (χ2v) is 6.58. The van der Waals surface area contributed by atoms with Crippen molar-refractivity contribution in [1.29, 1.82) is 0 Å². The van der Waals surface area contributed by atoms with Crippen LogP contribution in [0.15, 0.2) is 0 Å². The third kappa shape index (κ3) is 4.17. The lowest BCUT2D eigenvalue weighted by Crippen LogP contribution is -2.33. The Hall–Kier alpha value is -0.650. The lowest BCUT2D eigenvalue weighted by atomic mass is 9.95. The minimum atomic E-state index is 0.759. The summed E-state index contributed by atoms with van der Waals surface area (Å²) in [5, 5.41) is 4.61. The summed E-state index contributed by atoms with van der Waals surface area (Å²) in [6.07, 6.45) is 3.95. The molecule has 5 heteroatoms. The highest BCUT2D eigenvalue weighted by Gasteiger charge is 2.20. The fourth-order valence-electron chi connectivity index (χ4n) is 2.62. The average Bonchev–Trinajstić information content (AvgIpc) is 2.85. The highest BCUT2D eigenvalue weighted by Crippen LogP contribution is 2.30. The van der Waals surface area contributed by atoms with Gasteiger partial charge in [-0.25, -0.2) is 4.98 Å². The number of methoxy groups -OCH3 is 1. The van der Waals surface area contributed by atoms with Crippen molar-refractivity contribution < 1.29 is 4.74 Å². The topological polar surface area (TPSA) is 37.4 Å². The fourth-order valence-corrected chi connectivity index (χ4v) is 3.70. The normalized spacial score (nSPS) is 16.9. The molecule has 0 unspecified atom stereocenters. The SMILES string of the molecule is CCC1CCN(c2nc(C)c(CNCCOC)s2)CC1. The fraction of sp³-hybridized carbons (Fsp3) is 0.800. The zero-order valence-corrected chi connectivity index (χ0v) is 13.8. The molecule has 0 aromatic carbocycles. The Morgan fingerprint density at radius 2 is 2.15 bits per heavy atom. The maximum Gasteiger partial charge on any atom is 0.185 e. The molecule has 2 rings (SSSR count). The van der Waals surface area contributed by atoms with E-state index in [1.165, 1.54) is 48.1 Å². The number of aromatic nitrogens is 1. The van der Waals surface area contributed by atoms with E-state index >= 15 is 0 Å². The summed E-state index contributed by atoms with van der Waals surface area (Å²) >= 11 is 1.84. The Kier molecular flexibility index (Phi) is 6.26. The van der Waals surface area contributed by atoms with E-state index in [2.05, 4.69) is 24.1 Å². The van der Waals surface area contributed by atoms with Gasteiger partial charge in [-0.2, -0.15) is 0 Å². The number of hydrogen-bond acceptors (Lipinski definition) is 5. The Bertz CT molecular complexity index is 400. The Labute approximate surface area is 126 Å². The first-order chi connectivity index (χ1) is 9.74. The molecule has 0 amide bonds. The van der Waals surface area contributed by atoms with Crippen LogP contribution in [0.2, 0.25) is 0 Å². The van der Waals surface area contributed by atoms with E-state index in [9.17, 15) is 0 Å². The molecular formula is C15H27N3OS. The van der Waals surface area contributed by atoms with E-state index in [1.54, 1.807) is 7.11 Å². The van der Waals surface area contributed by atoms with Gasteiger partial charge in [-0.3, -0.25) is 0 Å². The van der Waals surface area contributed by atoms with E-state index in [0.717, 1.165) is 25.6 Å². The molecule has 0 saturated carbocycles. The first-order valence-corrected chi connectivity index (χ1v) is 8.47. The van der Waals surface area contributed by atoms with Crippen LogP contribution >= 0.6 is 11.3 Å². The van der Waals surface area contributed by atoms with Crippen molar-refractivity contribution in [3.05, 3.63) is 10.6 Å². The number of ether oxygens (including phenoxy) is 1. The molecule has 1 aromatic rings. The van der Waals surface area contributed by atoms with Gasteiger partial charge in [-0.1, -0.05) is 13.3 Å². The third-order valence-electron chi connectivity index (χ3n) is 4.11. The monoisotopic (exact) mass is 297 g/mol. The number of rotatable bonds is 7. The maximum atomic E-state index is 5.05. The molecular weight excluding hydrogens is 270 g/mol. The molecule has 0 aliphatic carbocycles. The van der Waals surface area contributed by atoms with Crippen LogP contribution in [0.3, 0.4) is 0 Å². The molecule has 1 saturated heterocycles. The summed E-state index contributed by atoms with van der Waals surface area (Å²) in [4.78, 5) is 8.57. The Morgan fingerprint density at radius 3 is 2.80 bits per heavy atom. The van der Waals surface area contributed by atoms with Crippen LogP contribution < -0.4 is 10.2 Å². The third-order valence-corrected chi connectivity index (χ3v) is 5.33. The molecule has 114 valence electrons. The van der Waals surface area contributed by atoms with Crippen molar-refractivity contribution in [2.75, 3.05) is 38.3 Å². The molecule has 1 N–H and O–H groups in total. The lowest BCUT2D eigenvalue weighted by molar-refractivity contribution is 0.199. The smallest absolute Gasteiger partial charge is 0.185 e. The van der Waals surface area contributed by atoms with Crippen LogP contribution in [0.25, 0.3) is 0 Å². The maximum absolute atomic E-state index is 5.05. The van der Waals surface area contributed by atoms with Gasteiger partial charge in [-0.15, -0.1) is 11.3 Å². The number of thiazole rings is 1. The number of piperidine rings is 1. The number of anilines is 1. The second kappa shape index (κ2) is 7.96. The van der Waals surface area contributed by atoms with Crippen molar-refractivity contribution in [3.8, 4) is 0 Å². The van der Waals surface area contributed by atoms with Crippen LogP contribution in [0.4, 0.5) is 5.13 Å². The molecule has 0 atom stereocenters. The van der Waals surface area contributed by atoms with E-state index in [-0.39, 0.29) is 0 Å². The lowest BCUT2D eigenvalue weighted by Gasteiger charge is -2.31. The molecule has 1 fully saturated rings. The number of aryl methyl sites for hydroxylation is 1. The summed E-state index contributed by atoms with van der Waals surface area (Å²) in [6.45, 7) is 9.31. The van der Waals surface area contributed by atoms with E-state index in [1.807, 2.05) is 11.3 Å².